The normalized spacial score (nSPS) is 11.9. The van der Waals surface area contributed by atoms with E-state index < -0.39 is 17.8 Å². The van der Waals surface area contributed by atoms with E-state index in [1.54, 1.807) is 30.3 Å². The van der Waals surface area contributed by atoms with Gasteiger partial charge in [-0.05, 0) is 30.2 Å². The molecule has 0 aliphatic rings. The molecule has 1 atom stereocenters. The molecule has 0 aliphatic heterocycles. The van der Waals surface area contributed by atoms with E-state index >= 15 is 0 Å². The second kappa shape index (κ2) is 6.85. The Bertz CT molecular complexity index is 613. The molecule has 110 valence electrons. The van der Waals surface area contributed by atoms with E-state index in [0.29, 0.717) is 5.56 Å². The molecule has 0 bridgehead atoms. The summed E-state index contributed by atoms with van der Waals surface area (Å²) in [7, 11) is 0. The van der Waals surface area contributed by atoms with Gasteiger partial charge in [0.1, 0.15) is 24.2 Å². The van der Waals surface area contributed by atoms with Gasteiger partial charge < -0.3 is 15.6 Å². The van der Waals surface area contributed by atoms with E-state index in [2.05, 4.69) is 0 Å². The highest BCUT2D eigenvalue weighted by atomic mass is 19.1. The van der Waals surface area contributed by atoms with Crippen LogP contribution >= 0.6 is 0 Å². The molecule has 21 heavy (non-hydrogen) atoms. The number of hydrogen-bond acceptors (Lipinski definition) is 4. The lowest BCUT2D eigenvalue weighted by atomic mass is 10.1. The van der Waals surface area contributed by atoms with Crippen LogP contribution in [0.15, 0.2) is 48.5 Å². The maximum Gasteiger partial charge on any atom is 0.323 e. The summed E-state index contributed by atoms with van der Waals surface area (Å²) < 4.78 is 18.4. The Morgan fingerprint density at radius 2 is 1.86 bits per heavy atom. The minimum Gasteiger partial charge on any atom is -0.508 e. The second-order valence-corrected chi connectivity index (χ2v) is 4.68. The number of benzene rings is 2. The average molecular weight is 289 g/mol. The molecule has 0 heterocycles. The summed E-state index contributed by atoms with van der Waals surface area (Å²) in [5, 5.41) is 9.18. The van der Waals surface area contributed by atoms with Crippen molar-refractivity contribution in [3.8, 4) is 5.75 Å². The van der Waals surface area contributed by atoms with Crippen LogP contribution < -0.4 is 5.73 Å². The van der Waals surface area contributed by atoms with Gasteiger partial charge in [0.2, 0.25) is 0 Å². The lowest BCUT2D eigenvalue weighted by Crippen LogP contribution is -2.34. The standard InChI is InChI=1S/C16H16FNO3/c17-14-4-2-1-3-12(14)10-21-16(20)15(18)9-11-5-7-13(19)8-6-11/h1-8,15,19H,9-10,18H2. The number of esters is 1. The van der Waals surface area contributed by atoms with Crippen LogP contribution in [0.4, 0.5) is 4.39 Å². The smallest absolute Gasteiger partial charge is 0.323 e. The van der Waals surface area contributed by atoms with Gasteiger partial charge in [0.05, 0.1) is 0 Å². The third-order valence-electron chi connectivity index (χ3n) is 3.02. The Labute approximate surface area is 122 Å². The first-order chi connectivity index (χ1) is 10.1. The molecular formula is C16H16FNO3. The van der Waals surface area contributed by atoms with Crippen molar-refractivity contribution >= 4 is 5.97 Å². The number of phenolic OH excluding ortho intramolecular Hbond substituents is 1. The van der Waals surface area contributed by atoms with Gasteiger partial charge in [0.15, 0.2) is 0 Å². The number of ether oxygens (including phenoxy) is 1. The predicted octanol–water partition coefficient (Wildman–Crippen LogP) is 2.14. The fraction of sp³-hybridized carbons (Fsp3) is 0.188. The maximum atomic E-state index is 13.4. The van der Waals surface area contributed by atoms with E-state index in [1.807, 2.05) is 0 Å². The molecule has 2 aromatic carbocycles. The van der Waals surface area contributed by atoms with Crippen LogP contribution in [0.2, 0.25) is 0 Å². The number of carbonyl (C=O) groups excluding carboxylic acids is 1. The summed E-state index contributed by atoms with van der Waals surface area (Å²) in [5.74, 6) is -0.863. The number of carbonyl (C=O) groups is 1. The van der Waals surface area contributed by atoms with Crippen molar-refractivity contribution < 1.29 is 19.0 Å². The number of hydrogen-bond donors (Lipinski definition) is 2. The van der Waals surface area contributed by atoms with Crippen molar-refractivity contribution in [2.75, 3.05) is 0 Å². The Hall–Kier alpha value is -2.40. The van der Waals surface area contributed by atoms with Crippen LogP contribution in [0.5, 0.6) is 5.75 Å². The molecule has 0 amide bonds. The minimum atomic E-state index is -0.832. The zero-order valence-corrected chi connectivity index (χ0v) is 11.3. The summed E-state index contributed by atoms with van der Waals surface area (Å²) in [6.45, 7) is -0.144. The van der Waals surface area contributed by atoms with Gasteiger partial charge in [-0.3, -0.25) is 4.79 Å². The number of rotatable bonds is 5. The quantitative estimate of drug-likeness (QED) is 0.827. The number of nitrogens with two attached hydrogens (primary N) is 1. The molecule has 0 fully saturated rings. The third kappa shape index (κ3) is 4.29. The molecule has 0 saturated carbocycles. The largest absolute Gasteiger partial charge is 0.508 e. The van der Waals surface area contributed by atoms with Gasteiger partial charge >= 0.3 is 5.97 Å². The highest BCUT2D eigenvalue weighted by Gasteiger charge is 2.16. The van der Waals surface area contributed by atoms with Crippen molar-refractivity contribution in [1.82, 2.24) is 0 Å². The van der Waals surface area contributed by atoms with Crippen LogP contribution in [0, 0.1) is 5.82 Å². The molecule has 2 aromatic rings. The summed E-state index contributed by atoms with van der Waals surface area (Å²) >= 11 is 0. The van der Waals surface area contributed by atoms with Crippen molar-refractivity contribution in [3.05, 3.63) is 65.5 Å². The number of aromatic hydroxyl groups is 1. The van der Waals surface area contributed by atoms with Crippen LogP contribution in [-0.4, -0.2) is 17.1 Å². The topological polar surface area (TPSA) is 72.5 Å². The van der Waals surface area contributed by atoms with Crippen molar-refractivity contribution in [3.63, 3.8) is 0 Å². The van der Waals surface area contributed by atoms with Crippen molar-refractivity contribution in [2.45, 2.75) is 19.1 Å². The fourth-order valence-electron chi connectivity index (χ4n) is 1.84. The van der Waals surface area contributed by atoms with Gasteiger partial charge in [-0.15, -0.1) is 0 Å². The third-order valence-corrected chi connectivity index (χ3v) is 3.02. The van der Waals surface area contributed by atoms with E-state index in [-0.39, 0.29) is 18.8 Å². The number of phenols is 1. The highest BCUT2D eigenvalue weighted by Crippen LogP contribution is 2.12. The second-order valence-electron chi connectivity index (χ2n) is 4.68. The molecule has 5 heteroatoms. The van der Waals surface area contributed by atoms with Gasteiger partial charge in [0, 0.05) is 5.56 Å². The Balaban J connectivity index is 1.88. The van der Waals surface area contributed by atoms with E-state index in [1.165, 1.54) is 18.2 Å². The van der Waals surface area contributed by atoms with Crippen LogP contribution in [0.1, 0.15) is 11.1 Å². The summed E-state index contributed by atoms with van der Waals surface area (Å²) in [5.41, 5.74) is 6.88. The molecule has 0 saturated heterocycles. The molecule has 2 rings (SSSR count). The lowest BCUT2D eigenvalue weighted by Gasteiger charge is -2.12. The van der Waals surface area contributed by atoms with Gasteiger partial charge in [0.25, 0.3) is 0 Å². The molecule has 0 radical (unpaired) electrons. The molecule has 4 nitrogen and oxygen atoms in total. The zero-order chi connectivity index (χ0) is 15.2. The van der Waals surface area contributed by atoms with E-state index in [0.717, 1.165) is 5.56 Å². The summed E-state index contributed by atoms with van der Waals surface area (Å²) in [6, 6.07) is 11.7. The fourth-order valence-corrected chi connectivity index (χ4v) is 1.84. The minimum absolute atomic E-state index is 0.144. The Morgan fingerprint density at radius 1 is 1.19 bits per heavy atom. The first kappa shape index (κ1) is 15.0. The number of halogens is 1. The summed E-state index contributed by atoms with van der Waals surface area (Å²) in [4.78, 5) is 11.8. The van der Waals surface area contributed by atoms with E-state index in [9.17, 15) is 14.3 Å². The maximum absolute atomic E-state index is 13.4. The Morgan fingerprint density at radius 3 is 2.52 bits per heavy atom. The monoisotopic (exact) mass is 289 g/mol. The highest BCUT2D eigenvalue weighted by molar-refractivity contribution is 5.75. The van der Waals surface area contributed by atoms with Crippen LogP contribution in [0.25, 0.3) is 0 Å². The van der Waals surface area contributed by atoms with Gasteiger partial charge in [-0.2, -0.15) is 0 Å². The van der Waals surface area contributed by atoms with Crippen molar-refractivity contribution in [2.24, 2.45) is 5.73 Å². The van der Waals surface area contributed by atoms with Gasteiger partial charge in [-0.1, -0.05) is 30.3 Å². The van der Waals surface area contributed by atoms with Crippen LogP contribution in [-0.2, 0) is 22.6 Å². The molecule has 0 aliphatic carbocycles. The van der Waals surface area contributed by atoms with Gasteiger partial charge in [-0.25, -0.2) is 4.39 Å². The molecule has 0 aromatic heterocycles. The molecule has 3 N–H and O–H groups in total. The molecule has 0 spiro atoms. The SMILES string of the molecule is NC(Cc1ccc(O)cc1)C(=O)OCc1ccccc1F. The first-order valence-electron chi connectivity index (χ1n) is 6.50. The average Bonchev–Trinajstić information content (AvgIpc) is 2.48. The summed E-state index contributed by atoms with van der Waals surface area (Å²) in [6.07, 6.45) is 0.288. The van der Waals surface area contributed by atoms with Crippen LogP contribution in [0.3, 0.4) is 0 Å². The van der Waals surface area contributed by atoms with Crippen molar-refractivity contribution in [1.29, 1.82) is 0 Å². The Kier molecular flexibility index (Phi) is 4.90. The molecular weight excluding hydrogens is 273 g/mol. The predicted molar refractivity (Wildman–Crippen MR) is 76.0 cm³/mol. The molecule has 1 unspecified atom stereocenters. The first-order valence-corrected chi connectivity index (χ1v) is 6.50. The lowest BCUT2D eigenvalue weighted by molar-refractivity contribution is -0.146. The zero-order valence-electron chi connectivity index (χ0n) is 11.3. The van der Waals surface area contributed by atoms with E-state index in [4.69, 9.17) is 10.5 Å².